The molecule has 0 amide bonds. The largest absolute Gasteiger partial charge is 0.307 e. The van der Waals surface area contributed by atoms with Crippen LogP contribution in [0.25, 0.3) is 0 Å². The molecule has 0 heterocycles. The maximum absolute atomic E-state index is 3.57. The lowest BCUT2D eigenvalue weighted by molar-refractivity contribution is -0.786. The summed E-state index contributed by atoms with van der Waals surface area (Å²) in [7, 11) is 2.25. The summed E-state index contributed by atoms with van der Waals surface area (Å²) in [6.07, 6.45) is -1.53. The van der Waals surface area contributed by atoms with Crippen molar-refractivity contribution in [2.24, 2.45) is 0 Å². The number of benzene rings is 1. The standard InChI is InChI=1S/C24H44BSi4.C8H11N/c1-21(2,3)26-17-13-25(14-18-27-22(4,5)6,15-19-28-23(7,8)9)16-20-29-24(10,11)12;1-9(2)8-6-4-3-5-7-8/h26-29H2,1-12H3;3-7H,1-2H3/q-1;/p+1. The van der Waals surface area contributed by atoms with Gasteiger partial charge in [0.15, 0.2) is 0 Å². The lowest BCUT2D eigenvalue weighted by atomic mass is 9.28. The lowest BCUT2D eigenvalue weighted by Crippen LogP contribution is -3.00. The average Bonchev–Trinajstić information content (AvgIpc) is 2.71. The maximum atomic E-state index is 3.57. The zero-order valence-electron chi connectivity index (χ0n) is 27.3. The van der Waals surface area contributed by atoms with Gasteiger partial charge < -0.3 is 4.90 Å². The molecule has 1 aromatic rings. The van der Waals surface area contributed by atoms with Crippen LogP contribution >= 0.6 is 0 Å². The van der Waals surface area contributed by atoms with Crippen molar-refractivity contribution in [3.05, 3.63) is 30.3 Å². The highest BCUT2D eigenvalue weighted by molar-refractivity contribution is 7.08. The summed E-state index contributed by atoms with van der Waals surface area (Å²) in [4.78, 5) is 1.37. The minimum Gasteiger partial charge on any atom is -0.307 e. The van der Waals surface area contributed by atoms with E-state index in [-0.39, 0.29) is 0 Å². The monoisotopic (exact) mass is 577 g/mol. The highest BCUT2D eigenvalue weighted by Crippen LogP contribution is 2.21. The number of hydrogen-bond acceptors (Lipinski definition) is 0. The molecule has 0 spiro atoms. The molecule has 6 heteroatoms. The average molecular weight is 578 g/mol. The molecule has 0 atom stereocenters. The van der Waals surface area contributed by atoms with Crippen LogP contribution in [-0.4, -0.2) is 58.3 Å². The van der Waals surface area contributed by atoms with E-state index in [9.17, 15) is 0 Å². The number of quaternary nitrogens is 1. The van der Waals surface area contributed by atoms with E-state index in [2.05, 4.69) is 167 Å². The lowest BCUT2D eigenvalue weighted by Gasteiger charge is -2.21. The molecule has 1 aromatic carbocycles. The molecule has 0 aromatic heterocycles. The molecule has 0 saturated carbocycles. The Morgan fingerprint density at radius 2 is 0.763 bits per heavy atom. The predicted molar refractivity (Wildman–Crippen MR) is 189 cm³/mol. The van der Waals surface area contributed by atoms with Crippen LogP contribution in [0.15, 0.2) is 30.3 Å². The summed E-state index contributed by atoms with van der Waals surface area (Å²) in [6, 6.07) is 10.4. The second kappa shape index (κ2) is 15.8. The van der Waals surface area contributed by atoms with E-state index in [4.69, 9.17) is 0 Å². The molecular weight excluding hydrogens is 522 g/mol. The third-order valence-corrected chi connectivity index (χ3v) is 10.9. The first kappa shape index (κ1) is 36.4. The fourth-order valence-corrected chi connectivity index (χ4v) is 6.62. The van der Waals surface area contributed by atoms with Crippen molar-refractivity contribution < 1.29 is 4.90 Å². The molecule has 0 aliphatic heterocycles. The SMILES string of the molecule is CC(C)(C)[SiH2]C#C[B-](C#C[SiH2]C(C)(C)C)(C#C[SiH2]C(C)(C)C)C#C[SiH2]C(C)(C)C.C[NH+](C)c1ccccc1. The van der Waals surface area contributed by atoms with Gasteiger partial charge in [0.2, 0.25) is 0 Å². The molecular formula is C32H56BNSi4. The van der Waals surface area contributed by atoms with Crippen LogP contribution in [0.3, 0.4) is 0 Å². The Bertz CT molecular complexity index is 959. The van der Waals surface area contributed by atoms with Gasteiger partial charge in [0.25, 0.3) is 6.15 Å². The molecule has 0 fully saturated rings. The highest BCUT2D eigenvalue weighted by atomic mass is 28.2. The van der Waals surface area contributed by atoms with Crippen LogP contribution in [-0.2, 0) is 0 Å². The number of nitrogens with one attached hydrogen (secondary N) is 1. The normalized spacial score (nSPS) is 14.3. The van der Waals surface area contributed by atoms with Gasteiger partial charge in [0.1, 0.15) is 43.8 Å². The molecule has 1 N–H and O–H groups in total. The molecule has 1 rings (SSSR count). The van der Waals surface area contributed by atoms with Gasteiger partial charge in [0.05, 0.1) is 14.1 Å². The third-order valence-electron chi connectivity index (χ3n) is 5.10. The van der Waals surface area contributed by atoms with Crippen LogP contribution in [0.5, 0.6) is 0 Å². The molecule has 0 aliphatic carbocycles. The molecule has 208 valence electrons. The predicted octanol–water partition coefficient (Wildman–Crippen LogP) is 3.45. The summed E-state index contributed by atoms with van der Waals surface area (Å²) in [6.45, 7) is 27.5. The molecule has 38 heavy (non-hydrogen) atoms. The summed E-state index contributed by atoms with van der Waals surface area (Å²) < 4.78 is 0. The van der Waals surface area contributed by atoms with Gasteiger partial charge in [-0.2, -0.15) is 22.2 Å². The zero-order valence-corrected chi connectivity index (χ0v) is 32.9. The topological polar surface area (TPSA) is 4.44 Å². The van der Waals surface area contributed by atoms with E-state index in [1.807, 2.05) is 6.07 Å². The summed E-state index contributed by atoms with van der Waals surface area (Å²) in [5, 5.41) is 1.29. The Kier molecular flexibility index (Phi) is 15.1. The third kappa shape index (κ3) is 21.3. The number of para-hydroxylation sites is 1. The Balaban J connectivity index is 0.00000127. The highest BCUT2D eigenvalue weighted by Gasteiger charge is 2.17. The Labute approximate surface area is 247 Å². The van der Waals surface area contributed by atoms with E-state index in [0.29, 0.717) is 20.2 Å². The van der Waals surface area contributed by atoms with Gasteiger partial charge >= 0.3 is 0 Å². The Hall–Kier alpha value is -1.65. The van der Waals surface area contributed by atoms with Crippen LogP contribution in [0.1, 0.15) is 83.1 Å². The van der Waals surface area contributed by atoms with E-state index < -0.39 is 44.2 Å². The first-order chi connectivity index (χ1) is 17.1. The van der Waals surface area contributed by atoms with Crippen LogP contribution in [0.4, 0.5) is 5.69 Å². The van der Waals surface area contributed by atoms with E-state index in [0.717, 1.165) is 0 Å². The van der Waals surface area contributed by atoms with Gasteiger partial charge in [0, 0.05) is 0 Å². The van der Waals surface area contributed by atoms with Crippen molar-refractivity contribution in [3.63, 3.8) is 0 Å². The summed E-state index contributed by atoms with van der Waals surface area (Å²) in [5.41, 5.74) is 15.6. The van der Waals surface area contributed by atoms with E-state index in [1.165, 1.54) is 10.6 Å². The minimum absolute atomic E-state index is 0.323. The Morgan fingerprint density at radius 1 is 0.500 bits per heavy atom. The van der Waals surface area contributed by atoms with Gasteiger partial charge in [-0.15, -0.1) is 0 Å². The van der Waals surface area contributed by atoms with Crippen molar-refractivity contribution in [2.75, 3.05) is 14.1 Å². The molecule has 0 bridgehead atoms. The van der Waals surface area contributed by atoms with Gasteiger partial charge in [-0.05, 0) is 32.3 Å². The number of hydrogen-bond donors (Lipinski definition) is 1. The number of rotatable bonds is 1. The molecule has 0 saturated heterocycles. The summed E-state index contributed by atoms with van der Waals surface area (Å²) in [5.74, 6) is 14.3. The Morgan fingerprint density at radius 3 is 0.947 bits per heavy atom. The molecule has 0 radical (unpaired) electrons. The molecule has 0 unspecified atom stereocenters. The van der Waals surface area contributed by atoms with Crippen molar-refractivity contribution in [3.8, 4) is 45.5 Å². The van der Waals surface area contributed by atoms with Crippen LogP contribution in [0.2, 0.25) is 20.2 Å². The van der Waals surface area contributed by atoms with Crippen LogP contribution < -0.4 is 4.90 Å². The van der Waals surface area contributed by atoms with Crippen molar-refractivity contribution >= 4 is 49.9 Å². The quantitative estimate of drug-likeness (QED) is 0.385. The second-order valence-electron chi connectivity index (χ2n) is 15.5. The smallest absolute Gasteiger partial charge is 0.268 e. The fraction of sp³-hybridized carbons (Fsp3) is 0.562. The first-order valence-electron chi connectivity index (χ1n) is 14.1. The second-order valence-corrected chi connectivity index (χ2v) is 26.8. The molecule has 1 nitrogen and oxygen atoms in total. The summed E-state index contributed by atoms with van der Waals surface area (Å²) >= 11 is 0. The minimum atomic E-state index is -1.53. The molecule has 0 aliphatic rings. The zero-order chi connectivity index (χ0) is 29.7. The van der Waals surface area contributed by atoms with Gasteiger partial charge in [-0.3, -0.25) is 23.3 Å². The fourth-order valence-electron chi connectivity index (χ4n) is 2.87. The first-order valence-corrected chi connectivity index (χ1v) is 19.8. The van der Waals surface area contributed by atoms with E-state index in [1.54, 1.807) is 0 Å². The van der Waals surface area contributed by atoms with Crippen molar-refractivity contribution in [2.45, 2.75) is 103 Å². The van der Waals surface area contributed by atoms with E-state index >= 15 is 0 Å². The van der Waals surface area contributed by atoms with Crippen molar-refractivity contribution in [1.29, 1.82) is 0 Å². The van der Waals surface area contributed by atoms with Crippen LogP contribution in [0, 0.1) is 45.5 Å². The van der Waals surface area contributed by atoms with Crippen molar-refractivity contribution in [1.82, 2.24) is 0 Å². The van der Waals surface area contributed by atoms with Gasteiger partial charge in [-0.1, -0.05) is 101 Å². The van der Waals surface area contributed by atoms with Gasteiger partial charge in [-0.25, -0.2) is 0 Å². The maximum Gasteiger partial charge on any atom is 0.268 e.